The van der Waals surface area contributed by atoms with E-state index < -0.39 is 0 Å². The summed E-state index contributed by atoms with van der Waals surface area (Å²) in [4.78, 5) is 13.4. The fraction of sp³-hybridized carbons (Fsp3) is 0.533. The number of nitrogens with one attached hydrogen (secondary N) is 1. The SMILES string of the molecule is CCCCn1c(-c2sc(SC)c3c2CCCC3=O)n[nH]c1=S. The Balaban J connectivity index is 2.14. The van der Waals surface area contributed by atoms with E-state index >= 15 is 0 Å². The Kier molecular flexibility index (Phi) is 4.84. The van der Waals surface area contributed by atoms with Crippen molar-refractivity contribution in [3.8, 4) is 10.7 Å². The quantitative estimate of drug-likeness (QED) is 0.625. The molecule has 0 unspecified atom stereocenters. The summed E-state index contributed by atoms with van der Waals surface area (Å²) in [5.41, 5.74) is 2.12. The third-order valence-corrected chi connectivity index (χ3v) is 6.63. The van der Waals surface area contributed by atoms with Gasteiger partial charge in [0, 0.05) is 18.5 Å². The molecular weight excluding hydrogens is 334 g/mol. The lowest BCUT2D eigenvalue weighted by Crippen LogP contribution is -2.10. The Morgan fingerprint density at radius 2 is 2.27 bits per heavy atom. The summed E-state index contributed by atoms with van der Waals surface area (Å²) in [6.45, 7) is 3.04. The number of fused-ring (bicyclic) bond motifs is 1. The zero-order valence-electron chi connectivity index (χ0n) is 12.8. The fourth-order valence-corrected chi connectivity index (χ4v) is 5.20. The third kappa shape index (κ3) is 2.70. The van der Waals surface area contributed by atoms with Crippen molar-refractivity contribution in [3.63, 3.8) is 0 Å². The highest BCUT2D eigenvalue weighted by Crippen LogP contribution is 2.43. The van der Waals surface area contributed by atoms with Crippen molar-refractivity contribution in [1.29, 1.82) is 0 Å². The molecule has 22 heavy (non-hydrogen) atoms. The fourth-order valence-electron chi connectivity index (χ4n) is 2.85. The number of aromatic nitrogens is 3. The predicted molar refractivity (Wildman–Crippen MR) is 94.7 cm³/mol. The molecule has 1 aliphatic carbocycles. The van der Waals surface area contributed by atoms with Crippen LogP contribution >= 0.6 is 35.3 Å². The minimum atomic E-state index is 0.280. The van der Waals surface area contributed by atoms with Gasteiger partial charge in [0.05, 0.1) is 9.09 Å². The molecule has 0 aliphatic heterocycles. The van der Waals surface area contributed by atoms with Gasteiger partial charge in [0.15, 0.2) is 16.4 Å². The summed E-state index contributed by atoms with van der Waals surface area (Å²) >= 11 is 8.72. The number of hydrogen-bond acceptors (Lipinski definition) is 5. The average Bonchev–Trinajstić information content (AvgIpc) is 3.06. The maximum absolute atomic E-state index is 12.3. The van der Waals surface area contributed by atoms with Crippen molar-refractivity contribution in [2.75, 3.05) is 6.26 Å². The molecular formula is C15H19N3OS3. The number of Topliss-reactive ketones (excluding diaryl/α,β-unsaturated/α-hetero) is 1. The van der Waals surface area contributed by atoms with E-state index in [0.29, 0.717) is 11.2 Å². The summed E-state index contributed by atoms with van der Waals surface area (Å²) in [6, 6.07) is 0. The predicted octanol–water partition coefficient (Wildman–Crippen LogP) is 4.71. The first-order chi connectivity index (χ1) is 10.7. The number of nitrogens with zero attached hydrogens (tertiary/aromatic N) is 2. The van der Waals surface area contributed by atoms with Gasteiger partial charge in [0.1, 0.15) is 0 Å². The molecule has 0 radical (unpaired) electrons. The number of ketones is 1. The topological polar surface area (TPSA) is 50.7 Å². The van der Waals surface area contributed by atoms with Gasteiger partial charge < -0.3 is 0 Å². The van der Waals surface area contributed by atoms with Crippen LogP contribution in [0.2, 0.25) is 0 Å². The molecule has 3 rings (SSSR count). The zero-order chi connectivity index (χ0) is 15.7. The van der Waals surface area contributed by atoms with E-state index in [0.717, 1.165) is 52.7 Å². The highest BCUT2D eigenvalue weighted by molar-refractivity contribution is 8.00. The lowest BCUT2D eigenvalue weighted by atomic mass is 9.92. The number of hydrogen-bond donors (Lipinski definition) is 1. The maximum atomic E-state index is 12.3. The second kappa shape index (κ2) is 6.68. The van der Waals surface area contributed by atoms with Crippen molar-refractivity contribution in [2.24, 2.45) is 0 Å². The number of carbonyl (C=O) groups is 1. The molecule has 118 valence electrons. The van der Waals surface area contributed by atoms with Crippen LogP contribution in [0.15, 0.2) is 4.21 Å². The number of rotatable bonds is 5. The minimum Gasteiger partial charge on any atom is -0.299 e. The van der Waals surface area contributed by atoms with Crippen LogP contribution in [-0.4, -0.2) is 26.8 Å². The van der Waals surface area contributed by atoms with Crippen LogP contribution in [0.4, 0.5) is 0 Å². The molecule has 0 atom stereocenters. The van der Waals surface area contributed by atoms with Crippen molar-refractivity contribution >= 4 is 41.1 Å². The molecule has 2 aromatic heterocycles. The van der Waals surface area contributed by atoms with E-state index in [9.17, 15) is 4.79 Å². The van der Waals surface area contributed by atoms with Gasteiger partial charge >= 0.3 is 0 Å². The van der Waals surface area contributed by atoms with Gasteiger partial charge in [-0.3, -0.25) is 14.5 Å². The van der Waals surface area contributed by atoms with Crippen molar-refractivity contribution < 1.29 is 4.79 Å². The standard InChI is InChI=1S/C15H19N3OS3/c1-3-4-8-18-13(16-17-15(18)20)12-9-6-5-7-10(19)11(9)14(21-2)22-12/h3-8H2,1-2H3,(H,17,20). The van der Waals surface area contributed by atoms with Gasteiger partial charge in [0.25, 0.3) is 0 Å². The number of aromatic amines is 1. The van der Waals surface area contributed by atoms with Crippen LogP contribution in [0.3, 0.4) is 0 Å². The number of thioether (sulfide) groups is 1. The Labute approximate surface area is 143 Å². The second-order valence-electron chi connectivity index (χ2n) is 5.41. The van der Waals surface area contributed by atoms with Crippen LogP contribution < -0.4 is 0 Å². The number of thiophene rings is 1. The Morgan fingerprint density at radius 3 is 3.00 bits per heavy atom. The van der Waals surface area contributed by atoms with Gasteiger partial charge in [0.2, 0.25) is 0 Å². The van der Waals surface area contributed by atoms with Crippen molar-refractivity contribution in [1.82, 2.24) is 14.8 Å². The number of H-pyrrole nitrogens is 1. The van der Waals surface area contributed by atoms with Crippen LogP contribution in [0.5, 0.6) is 0 Å². The zero-order valence-corrected chi connectivity index (χ0v) is 15.2. The molecule has 1 N–H and O–H groups in total. The van der Waals surface area contributed by atoms with Gasteiger partial charge in [-0.25, -0.2) is 0 Å². The Bertz CT molecular complexity index is 757. The highest BCUT2D eigenvalue weighted by Gasteiger charge is 2.28. The number of carbonyl (C=O) groups excluding carboxylic acids is 1. The van der Waals surface area contributed by atoms with E-state index in [4.69, 9.17) is 12.2 Å². The molecule has 0 amide bonds. The van der Waals surface area contributed by atoms with E-state index in [2.05, 4.69) is 21.7 Å². The first kappa shape index (κ1) is 16.0. The summed E-state index contributed by atoms with van der Waals surface area (Å²) in [5.74, 6) is 1.18. The first-order valence-corrected chi connectivity index (χ1v) is 10.0. The lowest BCUT2D eigenvalue weighted by Gasteiger charge is -2.13. The van der Waals surface area contributed by atoms with Crippen molar-refractivity contribution in [3.05, 3.63) is 15.9 Å². The third-order valence-electron chi connectivity index (χ3n) is 3.97. The highest BCUT2D eigenvalue weighted by atomic mass is 32.2. The van der Waals surface area contributed by atoms with Crippen molar-refractivity contribution in [2.45, 2.75) is 49.8 Å². The van der Waals surface area contributed by atoms with Crippen LogP contribution in [0, 0.1) is 4.77 Å². The van der Waals surface area contributed by atoms with E-state index in [1.54, 1.807) is 23.1 Å². The molecule has 2 aromatic rings. The van der Waals surface area contributed by atoms with E-state index in [-0.39, 0.29) is 5.78 Å². The molecule has 0 saturated heterocycles. The van der Waals surface area contributed by atoms with Gasteiger partial charge in [-0.1, -0.05) is 13.3 Å². The monoisotopic (exact) mass is 353 g/mol. The lowest BCUT2D eigenvalue weighted by molar-refractivity contribution is 0.0970. The average molecular weight is 354 g/mol. The summed E-state index contributed by atoms with van der Waals surface area (Å²) in [6.07, 6.45) is 6.78. The van der Waals surface area contributed by atoms with E-state index in [1.165, 1.54) is 5.56 Å². The normalized spacial score (nSPS) is 14.4. The Hall–Kier alpha value is -0.920. The largest absolute Gasteiger partial charge is 0.299 e. The van der Waals surface area contributed by atoms with Gasteiger partial charge in [-0.15, -0.1) is 23.1 Å². The molecule has 0 aromatic carbocycles. The van der Waals surface area contributed by atoms with Crippen LogP contribution in [0.25, 0.3) is 10.7 Å². The Morgan fingerprint density at radius 1 is 1.45 bits per heavy atom. The van der Waals surface area contributed by atoms with Gasteiger partial charge in [-0.05, 0) is 43.3 Å². The molecule has 1 aliphatic rings. The summed E-state index contributed by atoms with van der Waals surface area (Å²) in [7, 11) is 0. The smallest absolute Gasteiger partial charge is 0.195 e. The maximum Gasteiger partial charge on any atom is 0.195 e. The molecule has 4 nitrogen and oxygen atoms in total. The molecule has 0 fully saturated rings. The molecule has 2 heterocycles. The molecule has 0 spiro atoms. The number of unbranched alkanes of at least 4 members (excludes halogenated alkanes) is 1. The van der Waals surface area contributed by atoms with Crippen LogP contribution in [0.1, 0.15) is 48.5 Å². The summed E-state index contributed by atoms with van der Waals surface area (Å²) < 4.78 is 3.86. The second-order valence-corrected chi connectivity index (χ2v) is 7.89. The van der Waals surface area contributed by atoms with Crippen LogP contribution in [-0.2, 0) is 13.0 Å². The summed E-state index contributed by atoms with van der Waals surface area (Å²) in [5, 5.41) is 7.38. The minimum absolute atomic E-state index is 0.280. The molecule has 0 saturated carbocycles. The van der Waals surface area contributed by atoms with E-state index in [1.807, 2.05) is 6.26 Å². The molecule has 7 heteroatoms. The van der Waals surface area contributed by atoms with Gasteiger partial charge in [-0.2, -0.15) is 5.10 Å². The molecule has 0 bridgehead atoms. The first-order valence-electron chi connectivity index (χ1n) is 7.55.